The number of nitrogens with zero attached hydrogens (tertiary/aromatic N) is 4. The van der Waals surface area contributed by atoms with Crippen LogP contribution in [-0.2, 0) is 14.1 Å². The van der Waals surface area contributed by atoms with E-state index in [2.05, 4.69) is 0 Å². The van der Waals surface area contributed by atoms with Crippen LogP contribution in [0.5, 0.6) is 0 Å². The third-order valence-electron chi connectivity index (χ3n) is 3.27. The molecule has 2 aromatic heterocycles. The fourth-order valence-corrected chi connectivity index (χ4v) is 2.27. The fraction of sp³-hybridized carbons (Fsp3) is 0.333. The van der Waals surface area contributed by atoms with Crippen molar-refractivity contribution in [3.05, 3.63) is 37.4 Å². The van der Waals surface area contributed by atoms with Crippen LogP contribution in [0.1, 0.15) is 0 Å². The number of aromatic nitrogens is 4. The summed E-state index contributed by atoms with van der Waals surface area (Å²) in [5.74, 6) is -8.39. The first-order valence-electron chi connectivity index (χ1n) is 5.83. The maximum Gasteiger partial charge on any atom is 0.382 e. The molecule has 0 unspecified atom stereocenters. The molecule has 0 atom stereocenters. The molecule has 122 valence electrons. The highest BCUT2D eigenvalue weighted by Gasteiger charge is 2.78. The Kier molecular flexibility index (Phi) is 4.70. The van der Waals surface area contributed by atoms with Gasteiger partial charge in [-0.3, -0.25) is 0 Å². The van der Waals surface area contributed by atoms with E-state index in [-0.39, 0.29) is 24.8 Å². The molecule has 0 amide bonds. The Morgan fingerprint density at radius 3 is 1.32 bits per heavy atom. The van der Waals surface area contributed by atoms with Crippen LogP contribution >= 0.6 is 0 Å². The Hall–Kier alpha value is -1.54. The van der Waals surface area contributed by atoms with Crippen molar-refractivity contribution in [1.29, 1.82) is 0 Å². The van der Waals surface area contributed by atoms with Crippen LogP contribution in [-0.4, -0.2) is 21.0 Å². The minimum Gasteiger partial charge on any atom is -1.00 e. The van der Waals surface area contributed by atoms with Crippen LogP contribution in [0, 0.1) is 0 Å². The van der Waals surface area contributed by atoms with Crippen LogP contribution in [0.2, 0.25) is 0 Å². The summed E-state index contributed by atoms with van der Waals surface area (Å²) in [7, 11) is 3.25. The smallest absolute Gasteiger partial charge is 0.382 e. The van der Waals surface area contributed by atoms with E-state index in [4.69, 9.17) is 0 Å². The first kappa shape index (κ1) is 18.5. The second kappa shape index (κ2) is 5.58. The highest BCUT2D eigenvalue weighted by Crippen LogP contribution is 2.59. The summed E-state index contributed by atoms with van der Waals surface area (Å²) < 4.78 is 60.1. The lowest BCUT2D eigenvalue weighted by atomic mass is 9.90. The van der Waals surface area contributed by atoms with Crippen LogP contribution in [0.25, 0.3) is 11.4 Å². The van der Waals surface area contributed by atoms with Gasteiger partial charge in [-0.25, -0.2) is 9.13 Å². The zero-order valence-electron chi connectivity index (χ0n) is 11.5. The van der Waals surface area contributed by atoms with Crippen molar-refractivity contribution in [1.82, 2.24) is 9.13 Å². The van der Waals surface area contributed by atoms with E-state index in [0.717, 1.165) is 9.13 Å². The molecule has 0 fully saturated rings. The molecule has 0 aliphatic heterocycles. The number of hydrogen-bond donors (Lipinski definition) is 0. The second-order valence-electron chi connectivity index (χ2n) is 4.82. The van der Waals surface area contributed by atoms with Gasteiger partial charge in [-0.1, -0.05) is 0 Å². The van der Waals surface area contributed by atoms with Gasteiger partial charge in [0.25, 0.3) is 0 Å². The van der Waals surface area contributed by atoms with Gasteiger partial charge < -0.3 is 24.8 Å². The van der Waals surface area contributed by atoms with Gasteiger partial charge in [-0.2, -0.15) is 26.7 Å². The monoisotopic (exact) mass is 358 g/mol. The molecule has 0 spiro atoms. The Morgan fingerprint density at radius 1 is 0.773 bits per heavy atom. The van der Waals surface area contributed by atoms with Crippen molar-refractivity contribution in [2.24, 2.45) is 14.1 Å². The molecule has 0 radical (unpaired) electrons. The van der Waals surface area contributed by atoms with Gasteiger partial charge in [-0.05, 0) is 0 Å². The fourth-order valence-electron chi connectivity index (χ4n) is 2.27. The number of hydrogen-bond acceptors (Lipinski definition) is 0. The minimum absolute atomic E-state index is 0. The van der Waals surface area contributed by atoms with Crippen molar-refractivity contribution >= 4 is 11.4 Å². The molecule has 0 N–H and O–H groups in total. The number of alkyl halides is 4. The molecular formula is C12H12Cl2F4N4. The first-order chi connectivity index (χ1) is 9.25. The van der Waals surface area contributed by atoms with Gasteiger partial charge in [0.1, 0.15) is 24.8 Å². The minimum atomic E-state index is -4.20. The zero-order chi connectivity index (χ0) is 14.7. The van der Waals surface area contributed by atoms with Crippen LogP contribution in [0.15, 0.2) is 37.4 Å². The normalized spacial score (nSPS) is 18.3. The average molecular weight is 359 g/mol. The van der Waals surface area contributed by atoms with Crippen molar-refractivity contribution in [3.8, 4) is 0 Å². The summed E-state index contributed by atoms with van der Waals surface area (Å²) in [6.07, 6.45) is 8.30. The van der Waals surface area contributed by atoms with E-state index in [9.17, 15) is 17.6 Å². The van der Waals surface area contributed by atoms with Crippen molar-refractivity contribution in [3.63, 3.8) is 0 Å². The number of rotatable bonds is 2. The second-order valence-corrected chi connectivity index (χ2v) is 4.82. The van der Waals surface area contributed by atoms with E-state index in [1.807, 2.05) is 0 Å². The van der Waals surface area contributed by atoms with E-state index < -0.39 is 23.2 Å². The SMILES string of the molecule is C[n+]1ccn(C2=C(n3cc[n+](C)c3)C(F)(F)C2(F)F)c1.[Cl-].[Cl-]. The molecule has 3 rings (SSSR count). The van der Waals surface area contributed by atoms with E-state index in [1.165, 1.54) is 46.6 Å². The standard InChI is InChI=1S/C12H12F4N4.2ClH/c1-17-3-5-19(7-17)9-10(12(15,16)11(9,13)14)20-6-4-18(2)8-20;;/h3-8H,1-2H3;2*1H/q+2;;/p-2. The summed E-state index contributed by atoms with van der Waals surface area (Å²) in [6.45, 7) is 0. The van der Waals surface area contributed by atoms with Gasteiger partial charge in [-0.15, -0.1) is 0 Å². The molecule has 4 nitrogen and oxygen atoms in total. The first-order valence-corrected chi connectivity index (χ1v) is 5.83. The number of imidazole rings is 2. The Labute approximate surface area is 136 Å². The van der Waals surface area contributed by atoms with Crippen LogP contribution < -0.4 is 33.9 Å². The maximum atomic E-state index is 13.8. The molecular weight excluding hydrogens is 347 g/mol. The Balaban J connectivity index is 0.00000121. The molecule has 1 aliphatic carbocycles. The van der Waals surface area contributed by atoms with Crippen molar-refractivity contribution in [2.45, 2.75) is 11.8 Å². The molecule has 0 aromatic carbocycles. The van der Waals surface area contributed by atoms with Crippen molar-refractivity contribution in [2.75, 3.05) is 0 Å². The van der Waals surface area contributed by atoms with Gasteiger partial charge in [0.05, 0.1) is 14.1 Å². The lowest BCUT2D eigenvalue weighted by Gasteiger charge is -2.35. The number of halogens is 6. The maximum absolute atomic E-state index is 13.8. The van der Waals surface area contributed by atoms with E-state index in [0.29, 0.717) is 0 Å². The largest absolute Gasteiger partial charge is 1.00 e. The highest BCUT2D eigenvalue weighted by atomic mass is 35.5. The molecule has 1 aliphatic rings. The van der Waals surface area contributed by atoms with Gasteiger partial charge in [0.2, 0.25) is 24.0 Å². The molecule has 0 saturated heterocycles. The molecule has 2 aromatic rings. The van der Waals surface area contributed by atoms with Gasteiger partial charge in [0.15, 0.2) is 0 Å². The topological polar surface area (TPSA) is 17.6 Å². The van der Waals surface area contributed by atoms with Crippen LogP contribution in [0.3, 0.4) is 0 Å². The van der Waals surface area contributed by atoms with E-state index in [1.54, 1.807) is 14.1 Å². The zero-order valence-corrected chi connectivity index (χ0v) is 13.0. The molecule has 0 bridgehead atoms. The van der Waals surface area contributed by atoms with E-state index >= 15 is 0 Å². The number of aryl methyl sites for hydroxylation is 2. The van der Waals surface area contributed by atoms with Gasteiger partial charge in [0, 0.05) is 0 Å². The van der Waals surface area contributed by atoms with Gasteiger partial charge >= 0.3 is 11.8 Å². The highest BCUT2D eigenvalue weighted by molar-refractivity contribution is 5.91. The number of allylic oxidation sites excluding steroid dienone is 2. The quantitative estimate of drug-likeness (QED) is 0.378. The summed E-state index contributed by atoms with van der Waals surface area (Å²) in [6, 6.07) is 0. The Bertz CT molecular complexity index is 660. The molecule has 2 heterocycles. The van der Waals surface area contributed by atoms with Crippen molar-refractivity contribution < 1.29 is 51.5 Å². The summed E-state index contributed by atoms with van der Waals surface area (Å²) >= 11 is 0. The average Bonchev–Trinajstić information content (AvgIpc) is 2.94. The lowest BCUT2D eigenvalue weighted by Crippen LogP contribution is -3.00. The molecule has 22 heavy (non-hydrogen) atoms. The summed E-state index contributed by atoms with van der Waals surface area (Å²) in [5.41, 5.74) is -1.42. The summed E-state index contributed by atoms with van der Waals surface area (Å²) in [5, 5.41) is 0. The molecule has 10 heteroatoms. The third-order valence-corrected chi connectivity index (χ3v) is 3.27. The predicted molar refractivity (Wildman–Crippen MR) is 60.5 cm³/mol. The lowest BCUT2D eigenvalue weighted by molar-refractivity contribution is -0.670. The van der Waals surface area contributed by atoms with Crippen LogP contribution in [0.4, 0.5) is 17.6 Å². The predicted octanol–water partition coefficient (Wildman–Crippen LogP) is -4.94. The summed E-state index contributed by atoms with van der Waals surface area (Å²) in [4.78, 5) is 0. The third kappa shape index (κ3) is 2.30. The Morgan fingerprint density at radius 2 is 1.09 bits per heavy atom. The molecule has 0 saturated carbocycles.